The molecule has 1 rings (SSSR count). The lowest BCUT2D eigenvalue weighted by Gasteiger charge is -2.30. The summed E-state index contributed by atoms with van der Waals surface area (Å²) in [5.74, 6) is -1.63. The zero-order chi connectivity index (χ0) is 17.4. The molecule has 0 aromatic heterocycles. The summed E-state index contributed by atoms with van der Waals surface area (Å²) in [5.41, 5.74) is 0. The zero-order valence-corrected chi connectivity index (χ0v) is 13.6. The van der Waals surface area contributed by atoms with Crippen LogP contribution in [-0.4, -0.2) is 62.5 Å². The molecule has 0 radical (unpaired) electrons. The maximum absolute atomic E-state index is 11.3. The van der Waals surface area contributed by atoms with Crippen molar-refractivity contribution in [2.24, 2.45) is 0 Å². The smallest absolute Gasteiger partial charge is 0.304 e. The van der Waals surface area contributed by atoms with E-state index in [0.29, 0.717) is 0 Å². The third-order valence-electron chi connectivity index (χ3n) is 3.04. The van der Waals surface area contributed by atoms with Gasteiger partial charge in [-0.3, -0.25) is 14.4 Å². The van der Waals surface area contributed by atoms with Crippen molar-refractivity contribution in [3.63, 3.8) is 0 Å². The standard InChI is InChI=1S/C14H22O9/c1-8-13(21-6-19-8)14(22-7-20-10(3)16)12(23-11(4)17)5-18-9(2)15/h8,12-14H,5-7H2,1-4H3/t8-,12-,13-,14-/m0/s1. The van der Waals surface area contributed by atoms with Crippen LogP contribution >= 0.6 is 0 Å². The van der Waals surface area contributed by atoms with E-state index in [4.69, 9.17) is 28.4 Å². The Kier molecular flexibility index (Phi) is 7.93. The summed E-state index contributed by atoms with van der Waals surface area (Å²) in [4.78, 5) is 33.2. The second-order valence-corrected chi connectivity index (χ2v) is 4.96. The van der Waals surface area contributed by atoms with Crippen LogP contribution in [0.1, 0.15) is 27.7 Å². The lowest BCUT2D eigenvalue weighted by atomic mass is 10.0. The number of carbonyl (C=O) groups is 3. The van der Waals surface area contributed by atoms with Crippen molar-refractivity contribution in [1.82, 2.24) is 0 Å². The van der Waals surface area contributed by atoms with E-state index in [1.165, 1.54) is 20.8 Å². The topological polar surface area (TPSA) is 107 Å². The minimum Gasteiger partial charge on any atom is -0.462 e. The molecule has 0 aromatic carbocycles. The van der Waals surface area contributed by atoms with Gasteiger partial charge in [-0.1, -0.05) is 0 Å². The summed E-state index contributed by atoms with van der Waals surface area (Å²) in [6.45, 7) is 4.93. The molecule has 1 saturated heterocycles. The molecule has 0 amide bonds. The van der Waals surface area contributed by atoms with Crippen LogP contribution in [-0.2, 0) is 42.8 Å². The molecule has 1 aliphatic rings. The van der Waals surface area contributed by atoms with Crippen LogP contribution in [0.15, 0.2) is 0 Å². The first kappa shape index (κ1) is 19.3. The number of ether oxygens (including phenoxy) is 6. The first-order valence-electron chi connectivity index (χ1n) is 7.10. The Balaban J connectivity index is 2.82. The summed E-state index contributed by atoms with van der Waals surface area (Å²) in [6.07, 6.45) is -2.69. The summed E-state index contributed by atoms with van der Waals surface area (Å²) in [5, 5.41) is 0. The molecule has 0 aromatic rings. The Hall–Kier alpha value is -1.71. The van der Waals surface area contributed by atoms with Gasteiger partial charge in [0, 0.05) is 20.8 Å². The first-order valence-corrected chi connectivity index (χ1v) is 7.10. The average molecular weight is 334 g/mol. The van der Waals surface area contributed by atoms with Crippen LogP contribution in [0.5, 0.6) is 0 Å². The van der Waals surface area contributed by atoms with Crippen LogP contribution in [0.3, 0.4) is 0 Å². The van der Waals surface area contributed by atoms with Crippen LogP contribution in [0.4, 0.5) is 0 Å². The minimum absolute atomic E-state index is 0.0552. The summed E-state index contributed by atoms with van der Waals surface area (Å²) < 4.78 is 31.0. The third-order valence-corrected chi connectivity index (χ3v) is 3.04. The van der Waals surface area contributed by atoms with Crippen molar-refractivity contribution in [3.05, 3.63) is 0 Å². The number of rotatable bonds is 8. The van der Waals surface area contributed by atoms with Crippen molar-refractivity contribution in [2.45, 2.75) is 52.1 Å². The van der Waals surface area contributed by atoms with Gasteiger partial charge in [-0.05, 0) is 6.92 Å². The van der Waals surface area contributed by atoms with E-state index in [1.807, 2.05) is 0 Å². The van der Waals surface area contributed by atoms with Crippen molar-refractivity contribution < 1.29 is 42.8 Å². The molecular formula is C14H22O9. The van der Waals surface area contributed by atoms with Gasteiger partial charge in [-0.15, -0.1) is 0 Å². The highest BCUT2D eigenvalue weighted by atomic mass is 16.7. The summed E-state index contributed by atoms with van der Waals surface area (Å²) >= 11 is 0. The number of hydrogen-bond donors (Lipinski definition) is 0. The average Bonchev–Trinajstić information content (AvgIpc) is 2.85. The van der Waals surface area contributed by atoms with Crippen molar-refractivity contribution in [1.29, 1.82) is 0 Å². The number of esters is 3. The van der Waals surface area contributed by atoms with E-state index in [-0.39, 0.29) is 26.3 Å². The molecule has 9 nitrogen and oxygen atoms in total. The molecule has 23 heavy (non-hydrogen) atoms. The second kappa shape index (κ2) is 9.43. The predicted octanol–water partition coefficient (Wildman–Crippen LogP) is 0.148. The maximum Gasteiger partial charge on any atom is 0.304 e. The lowest BCUT2D eigenvalue weighted by Crippen LogP contribution is -2.48. The van der Waals surface area contributed by atoms with Gasteiger partial charge in [0.05, 0.1) is 6.10 Å². The molecule has 0 saturated carbocycles. The molecule has 0 aliphatic carbocycles. The first-order chi connectivity index (χ1) is 10.8. The maximum atomic E-state index is 11.3. The molecule has 0 N–H and O–H groups in total. The summed E-state index contributed by atoms with van der Waals surface area (Å²) in [7, 11) is 0. The minimum atomic E-state index is -0.930. The van der Waals surface area contributed by atoms with E-state index in [2.05, 4.69) is 0 Å². The lowest BCUT2D eigenvalue weighted by molar-refractivity contribution is -0.196. The quantitative estimate of drug-likeness (QED) is 0.348. The Morgan fingerprint density at radius 3 is 2.17 bits per heavy atom. The van der Waals surface area contributed by atoms with Gasteiger partial charge < -0.3 is 28.4 Å². The van der Waals surface area contributed by atoms with Crippen LogP contribution in [0, 0.1) is 0 Å². The number of hydrogen-bond acceptors (Lipinski definition) is 9. The van der Waals surface area contributed by atoms with Gasteiger partial charge in [0.25, 0.3) is 0 Å². The predicted molar refractivity (Wildman–Crippen MR) is 74.0 cm³/mol. The fourth-order valence-corrected chi connectivity index (χ4v) is 2.04. The van der Waals surface area contributed by atoms with Gasteiger partial charge in [0.15, 0.2) is 12.9 Å². The molecule has 9 heteroatoms. The Morgan fingerprint density at radius 1 is 1.04 bits per heavy atom. The second-order valence-electron chi connectivity index (χ2n) is 4.96. The summed E-state index contributed by atoms with van der Waals surface area (Å²) in [6, 6.07) is 0. The molecule has 0 bridgehead atoms. The largest absolute Gasteiger partial charge is 0.462 e. The normalized spacial score (nSPS) is 23.0. The third kappa shape index (κ3) is 6.93. The molecule has 1 fully saturated rings. The molecule has 0 unspecified atom stereocenters. The Morgan fingerprint density at radius 2 is 1.70 bits per heavy atom. The van der Waals surface area contributed by atoms with E-state index >= 15 is 0 Å². The van der Waals surface area contributed by atoms with E-state index in [0.717, 1.165) is 0 Å². The zero-order valence-electron chi connectivity index (χ0n) is 13.6. The van der Waals surface area contributed by atoms with Gasteiger partial charge in [0.1, 0.15) is 25.6 Å². The highest BCUT2D eigenvalue weighted by Gasteiger charge is 2.41. The highest BCUT2D eigenvalue weighted by Crippen LogP contribution is 2.22. The van der Waals surface area contributed by atoms with E-state index in [1.54, 1.807) is 6.92 Å². The Bertz CT molecular complexity index is 422. The molecule has 132 valence electrons. The van der Waals surface area contributed by atoms with Crippen molar-refractivity contribution in [2.75, 3.05) is 20.2 Å². The van der Waals surface area contributed by atoms with Gasteiger partial charge in [0.2, 0.25) is 0 Å². The van der Waals surface area contributed by atoms with Gasteiger partial charge in [-0.25, -0.2) is 0 Å². The van der Waals surface area contributed by atoms with E-state index < -0.39 is 36.2 Å². The van der Waals surface area contributed by atoms with E-state index in [9.17, 15) is 14.4 Å². The molecule has 4 atom stereocenters. The van der Waals surface area contributed by atoms with Crippen molar-refractivity contribution >= 4 is 17.9 Å². The SMILES string of the molecule is CC(=O)OCO[C@H]([C@H]1OCO[C@H]1C)[C@H](COC(C)=O)OC(C)=O. The highest BCUT2D eigenvalue weighted by molar-refractivity contribution is 5.67. The van der Waals surface area contributed by atoms with Gasteiger partial charge >= 0.3 is 17.9 Å². The molecule has 1 heterocycles. The fourth-order valence-electron chi connectivity index (χ4n) is 2.04. The monoisotopic (exact) mass is 334 g/mol. The molecule has 1 aliphatic heterocycles. The van der Waals surface area contributed by atoms with Crippen LogP contribution in [0.2, 0.25) is 0 Å². The number of carbonyl (C=O) groups excluding carboxylic acids is 3. The molecule has 0 spiro atoms. The van der Waals surface area contributed by atoms with Crippen LogP contribution in [0.25, 0.3) is 0 Å². The van der Waals surface area contributed by atoms with Gasteiger partial charge in [-0.2, -0.15) is 0 Å². The molecular weight excluding hydrogens is 312 g/mol. The van der Waals surface area contributed by atoms with Crippen LogP contribution < -0.4 is 0 Å². The fraction of sp³-hybridized carbons (Fsp3) is 0.786. The van der Waals surface area contributed by atoms with Crippen molar-refractivity contribution in [3.8, 4) is 0 Å². The Labute approximate surface area is 134 Å².